The van der Waals surface area contributed by atoms with Gasteiger partial charge in [0.15, 0.2) is 0 Å². The molecule has 0 radical (unpaired) electrons. The van der Waals surface area contributed by atoms with E-state index in [1.165, 1.54) is 16.8 Å². The maximum Gasteiger partial charge on any atom is 0.278 e. The summed E-state index contributed by atoms with van der Waals surface area (Å²) in [5.74, 6) is 5.58. The molecule has 0 atom stereocenters. The van der Waals surface area contributed by atoms with E-state index in [0.29, 0.717) is 32.5 Å². The lowest BCUT2D eigenvalue weighted by Gasteiger charge is -2.08. The molecule has 6 nitrogen and oxygen atoms in total. The Morgan fingerprint density at radius 3 is 2.21 bits per heavy atom. The van der Waals surface area contributed by atoms with Crippen molar-refractivity contribution in [1.29, 1.82) is 0 Å². The highest BCUT2D eigenvalue weighted by Crippen LogP contribution is 2.16. The maximum atomic E-state index is 12.8. The van der Waals surface area contributed by atoms with E-state index in [4.69, 9.17) is 17.4 Å². The molecule has 3 heterocycles. The van der Waals surface area contributed by atoms with Crippen molar-refractivity contribution in [3.63, 3.8) is 0 Å². The second kappa shape index (κ2) is 5.21. The van der Waals surface area contributed by atoms with Gasteiger partial charge < -0.3 is 5.84 Å². The van der Waals surface area contributed by atoms with Gasteiger partial charge in [0.1, 0.15) is 0 Å². The van der Waals surface area contributed by atoms with Gasteiger partial charge >= 0.3 is 0 Å². The quantitative estimate of drug-likeness (QED) is 0.425. The summed E-state index contributed by atoms with van der Waals surface area (Å²) in [5.41, 5.74) is 1.03. The lowest BCUT2D eigenvalue weighted by Crippen LogP contribution is -2.26. The molecule has 2 N–H and O–H groups in total. The third-order valence-electron chi connectivity index (χ3n) is 3.87. The normalized spacial score (nSPS) is 11.2. The number of hydrogen-bond acceptors (Lipinski definition) is 4. The van der Waals surface area contributed by atoms with Crippen molar-refractivity contribution in [1.82, 2.24) is 14.2 Å². The minimum absolute atomic E-state index is 0.268. The van der Waals surface area contributed by atoms with E-state index >= 15 is 0 Å². The van der Waals surface area contributed by atoms with E-state index < -0.39 is 5.56 Å². The second-order valence-corrected chi connectivity index (χ2v) is 5.79. The summed E-state index contributed by atoms with van der Waals surface area (Å²) in [6.07, 6.45) is 3.09. The van der Waals surface area contributed by atoms with Gasteiger partial charge in [-0.05, 0) is 42.5 Å². The Balaban J connectivity index is 2.06. The molecule has 0 aliphatic carbocycles. The molecular weight excluding hydrogens is 328 g/mol. The van der Waals surface area contributed by atoms with E-state index in [-0.39, 0.29) is 5.56 Å². The summed E-state index contributed by atoms with van der Waals surface area (Å²) in [6.45, 7) is 0. The molecule has 118 valence electrons. The van der Waals surface area contributed by atoms with Gasteiger partial charge in [0, 0.05) is 23.1 Å². The topological polar surface area (TPSA) is 82.9 Å². The number of nitrogens with two attached hydrogens (primary N) is 1. The Labute approximate surface area is 140 Å². The molecule has 0 spiro atoms. The van der Waals surface area contributed by atoms with Gasteiger partial charge in [0.25, 0.3) is 11.1 Å². The maximum absolute atomic E-state index is 12.8. The van der Waals surface area contributed by atoms with Crippen molar-refractivity contribution < 1.29 is 0 Å². The third kappa shape index (κ3) is 2.16. The number of fused-ring (bicyclic) bond motifs is 2. The van der Waals surface area contributed by atoms with Crippen molar-refractivity contribution >= 4 is 33.4 Å². The predicted octanol–water partition coefficient (Wildman–Crippen LogP) is 2.07. The van der Waals surface area contributed by atoms with Crippen LogP contribution in [0, 0.1) is 0 Å². The van der Waals surface area contributed by atoms with E-state index in [1.54, 1.807) is 42.6 Å². The summed E-state index contributed by atoms with van der Waals surface area (Å²) in [7, 11) is 0. The van der Waals surface area contributed by atoms with Crippen LogP contribution in [0.1, 0.15) is 0 Å². The molecular formula is C17H11ClN4O2. The summed E-state index contributed by atoms with van der Waals surface area (Å²) in [5, 5.41) is 1.24. The first-order valence-corrected chi connectivity index (χ1v) is 7.51. The molecule has 0 aliphatic heterocycles. The Bertz CT molecular complexity index is 1210. The van der Waals surface area contributed by atoms with Crippen LogP contribution in [0.25, 0.3) is 27.5 Å². The van der Waals surface area contributed by atoms with Crippen molar-refractivity contribution in [3.05, 3.63) is 80.6 Å². The first-order valence-electron chi connectivity index (χ1n) is 7.13. The Hall–Kier alpha value is -3.12. The molecule has 0 saturated heterocycles. The lowest BCUT2D eigenvalue weighted by atomic mass is 10.2. The third-order valence-corrected chi connectivity index (χ3v) is 4.13. The van der Waals surface area contributed by atoms with E-state index in [2.05, 4.69) is 4.98 Å². The van der Waals surface area contributed by atoms with Crippen LogP contribution in [0.4, 0.5) is 0 Å². The number of aromatic nitrogens is 3. The molecule has 3 aromatic heterocycles. The summed E-state index contributed by atoms with van der Waals surface area (Å²) >= 11 is 5.89. The predicted molar refractivity (Wildman–Crippen MR) is 94.3 cm³/mol. The van der Waals surface area contributed by atoms with Crippen molar-refractivity contribution in [3.8, 4) is 5.69 Å². The zero-order valence-electron chi connectivity index (χ0n) is 12.3. The standard InChI is InChI=1S/C17H11ClN4O2/c18-10-1-3-11(4-2-10)21-7-5-14-12(16(21)23)9-13-15(20-14)6-8-22(19)17(13)24/h1-9H,19H2. The van der Waals surface area contributed by atoms with Gasteiger partial charge in [-0.1, -0.05) is 11.6 Å². The number of nitrogen functional groups attached to an aromatic ring is 1. The first kappa shape index (κ1) is 14.5. The van der Waals surface area contributed by atoms with Crippen LogP contribution in [0.2, 0.25) is 5.02 Å². The minimum atomic E-state index is -0.400. The molecule has 0 aliphatic rings. The number of nitrogens with zero attached hydrogens (tertiary/aromatic N) is 3. The minimum Gasteiger partial charge on any atom is -0.336 e. The van der Waals surface area contributed by atoms with Crippen LogP contribution in [0.3, 0.4) is 0 Å². The molecule has 0 unspecified atom stereocenters. The van der Waals surface area contributed by atoms with Crippen LogP contribution >= 0.6 is 11.6 Å². The van der Waals surface area contributed by atoms with Gasteiger partial charge in [0.2, 0.25) is 0 Å². The van der Waals surface area contributed by atoms with Gasteiger partial charge in [-0.25, -0.2) is 9.66 Å². The molecule has 1 aromatic carbocycles. The van der Waals surface area contributed by atoms with E-state index in [0.717, 1.165) is 4.68 Å². The molecule has 0 saturated carbocycles. The fourth-order valence-corrected chi connectivity index (χ4v) is 2.77. The molecule has 24 heavy (non-hydrogen) atoms. The van der Waals surface area contributed by atoms with Crippen LogP contribution in [-0.4, -0.2) is 14.2 Å². The van der Waals surface area contributed by atoms with Crippen molar-refractivity contribution in [2.24, 2.45) is 0 Å². The molecule has 7 heteroatoms. The number of benzene rings is 1. The highest BCUT2D eigenvalue weighted by atomic mass is 35.5. The zero-order chi connectivity index (χ0) is 16.8. The zero-order valence-corrected chi connectivity index (χ0v) is 13.1. The molecule has 0 bridgehead atoms. The summed E-state index contributed by atoms with van der Waals surface area (Å²) in [4.78, 5) is 29.3. The lowest BCUT2D eigenvalue weighted by molar-refractivity contribution is 0.951. The number of halogens is 1. The summed E-state index contributed by atoms with van der Waals surface area (Å²) in [6, 6.07) is 11.8. The van der Waals surface area contributed by atoms with E-state index in [1.807, 2.05) is 0 Å². The van der Waals surface area contributed by atoms with Crippen molar-refractivity contribution in [2.75, 3.05) is 5.84 Å². The first-order chi connectivity index (χ1) is 11.5. The molecule has 4 rings (SSSR count). The SMILES string of the molecule is Nn1ccc2nc3ccn(-c4ccc(Cl)cc4)c(=O)c3cc2c1=O. The Morgan fingerprint density at radius 1 is 0.875 bits per heavy atom. The average molecular weight is 339 g/mol. The fraction of sp³-hybridized carbons (Fsp3) is 0. The van der Waals surface area contributed by atoms with Crippen LogP contribution < -0.4 is 17.0 Å². The smallest absolute Gasteiger partial charge is 0.278 e. The van der Waals surface area contributed by atoms with Crippen molar-refractivity contribution in [2.45, 2.75) is 0 Å². The highest BCUT2D eigenvalue weighted by molar-refractivity contribution is 6.30. The van der Waals surface area contributed by atoms with Gasteiger partial charge in [0.05, 0.1) is 21.8 Å². The molecule has 0 fully saturated rings. The number of pyridine rings is 3. The molecule has 4 aromatic rings. The highest BCUT2D eigenvalue weighted by Gasteiger charge is 2.10. The molecule has 0 amide bonds. The van der Waals surface area contributed by atoms with Gasteiger partial charge in [-0.2, -0.15) is 0 Å². The van der Waals surface area contributed by atoms with Gasteiger partial charge in [-0.15, -0.1) is 0 Å². The van der Waals surface area contributed by atoms with E-state index in [9.17, 15) is 9.59 Å². The monoisotopic (exact) mass is 338 g/mol. The van der Waals surface area contributed by atoms with Crippen LogP contribution in [0.5, 0.6) is 0 Å². The Kier molecular flexibility index (Phi) is 3.14. The van der Waals surface area contributed by atoms with Crippen LogP contribution in [-0.2, 0) is 0 Å². The average Bonchev–Trinajstić information content (AvgIpc) is 2.59. The Morgan fingerprint density at radius 2 is 1.50 bits per heavy atom. The van der Waals surface area contributed by atoms with Crippen LogP contribution in [0.15, 0.2) is 64.4 Å². The van der Waals surface area contributed by atoms with Gasteiger partial charge in [-0.3, -0.25) is 14.2 Å². The fourth-order valence-electron chi connectivity index (χ4n) is 2.64. The summed E-state index contributed by atoms with van der Waals surface area (Å²) < 4.78 is 2.45. The number of hydrogen-bond donors (Lipinski definition) is 1. The second-order valence-electron chi connectivity index (χ2n) is 5.35. The largest absolute Gasteiger partial charge is 0.336 e. The number of rotatable bonds is 1.